The zero-order valence-corrected chi connectivity index (χ0v) is 14.8. The monoisotopic (exact) mass is 330 g/mol. The summed E-state index contributed by atoms with van der Waals surface area (Å²) in [5.41, 5.74) is 0. The van der Waals surface area contributed by atoms with Crippen molar-refractivity contribution < 1.29 is 4.42 Å². The van der Waals surface area contributed by atoms with Crippen LogP contribution in [0.4, 0.5) is 0 Å². The standard InChI is InChI=1S/C17H26N6O/c1-12-8-18-16(24-12)11-23-7-6-14(9-23)21(2)10-15-19-20-17(22(15)3)13-4-5-13/h8,13-14H,4-7,9-11H2,1-3H3/t14-/m0/s1. The van der Waals surface area contributed by atoms with Gasteiger partial charge in [0.25, 0.3) is 0 Å². The fourth-order valence-electron chi connectivity index (χ4n) is 3.54. The van der Waals surface area contributed by atoms with Crippen molar-refractivity contribution >= 4 is 0 Å². The lowest BCUT2D eigenvalue weighted by atomic mass is 10.2. The van der Waals surface area contributed by atoms with Gasteiger partial charge in [0.05, 0.1) is 19.3 Å². The molecule has 3 heterocycles. The topological polar surface area (TPSA) is 63.2 Å². The minimum Gasteiger partial charge on any atom is -0.445 e. The third-order valence-corrected chi connectivity index (χ3v) is 5.23. The Labute approximate surface area is 142 Å². The first kappa shape index (κ1) is 15.8. The highest BCUT2D eigenvalue weighted by molar-refractivity contribution is 5.08. The summed E-state index contributed by atoms with van der Waals surface area (Å²) in [5, 5.41) is 8.80. The molecule has 0 unspecified atom stereocenters. The summed E-state index contributed by atoms with van der Waals surface area (Å²) < 4.78 is 7.79. The smallest absolute Gasteiger partial charge is 0.208 e. The third kappa shape index (κ3) is 3.23. The second kappa shape index (κ2) is 6.29. The fourth-order valence-corrected chi connectivity index (χ4v) is 3.54. The molecule has 1 saturated heterocycles. The summed E-state index contributed by atoms with van der Waals surface area (Å²) in [7, 11) is 4.29. The molecule has 2 aromatic rings. The molecule has 1 saturated carbocycles. The quantitative estimate of drug-likeness (QED) is 0.803. The third-order valence-electron chi connectivity index (χ3n) is 5.23. The van der Waals surface area contributed by atoms with Gasteiger partial charge in [-0.25, -0.2) is 4.98 Å². The van der Waals surface area contributed by atoms with Crippen molar-refractivity contribution in [3.63, 3.8) is 0 Å². The van der Waals surface area contributed by atoms with Crippen LogP contribution in [-0.2, 0) is 20.1 Å². The maximum atomic E-state index is 5.60. The van der Waals surface area contributed by atoms with Gasteiger partial charge in [-0.05, 0) is 33.2 Å². The molecule has 2 aromatic heterocycles. The molecule has 1 aliphatic carbocycles. The van der Waals surface area contributed by atoms with Gasteiger partial charge in [0.2, 0.25) is 5.89 Å². The summed E-state index contributed by atoms with van der Waals surface area (Å²) in [6.45, 7) is 5.72. The van der Waals surface area contributed by atoms with E-state index >= 15 is 0 Å². The first-order valence-electron chi connectivity index (χ1n) is 8.82. The predicted octanol–water partition coefficient (Wildman–Crippen LogP) is 1.70. The van der Waals surface area contributed by atoms with E-state index in [1.54, 1.807) is 6.20 Å². The Morgan fingerprint density at radius 1 is 1.29 bits per heavy atom. The molecule has 0 N–H and O–H groups in total. The number of nitrogens with zero attached hydrogens (tertiary/aromatic N) is 6. The lowest BCUT2D eigenvalue weighted by Crippen LogP contribution is -2.34. The van der Waals surface area contributed by atoms with Gasteiger partial charge in [-0.15, -0.1) is 10.2 Å². The van der Waals surface area contributed by atoms with Crippen LogP contribution in [0.1, 0.15) is 48.5 Å². The van der Waals surface area contributed by atoms with Gasteiger partial charge < -0.3 is 8.98 Å². The normalized spacial score (nSPS) is 21.9. The molecule has 1 aliphatic heterocycles. The number of hydrogen-bond donors (Lipinski definition) is 0. The number of hydrogen-bond acceptors (Lipinski definition) is 6. The second-order valence-electron chi connectivity index (χ2n) is 7.27. The van der Waals surface area contributed by atoms with E-state index in [0.717, 1.165) is 49.5 Å². The summed E-state index contributed by atoms with van der Waals surface area (Å²) >= 11 is 0. The van der Waals surface area contributed by atoms with Crippen LogP contribution in [0, 0.1) is 6.92 Å². The minimum absolute atomic E-state index is 0.544. The van der Waals surface area contributed by atoms with Crippen molar-refractivity contribution in [2.45, 2.75) is 51.2 Å². The summed E-state index contributed by atoms with van der Waals surface area (Å²) in [6, 6.07) is 0.544. The largest absolute Gasteiger partial charge is 0.445 e. The van der Waals surface area contributed by atoms with Crippen LogP contribution in [0.15, 0.2) is 10.6 Å². The summed E-state index contributed by atoms with van der Waals surface area (Å²) in [4.78, 5) is 9.13. The molecule has 0 amide bonds. The maximum absolute atomic E-state index is 5.60. The Balaban J connectivity index is 1.33. The molecule has 0 bridgehead atoms. The van der Waals surface area contributed by atoms with Gasteiger partial charge in [-0.3, -0.25) is 9.80 Å². The van der Waals surface area contributed by atoms with Crippen molar-refractivity contribution in [3.05, 3.63) is 29.5 Å². The Morgan fingerprint density at radius 2 is 2.12 bits per heavy atom. The number of oxazole rings is 1. The average Bonchev–Trinajstić information content (AvgIpc) is 2.96. The van der Waals surface area contributed by atoms with Crippen LogP contribution < -0.4 is 0 Å². The SMILES string of the molecule is Cc1cnc(CN2CC[C@H](N(C)Cc3nnc(C4CC4)n3C)C2)o1. The molecule has 24 heavy (non-hydrogen) atoms. The van der Waals surface area contributed by atoms with Gasteiger partial charge in [0.1, 0.15) is 17.4 Å². The van der Waals surface area contributed by atoms with Crippen LogP contribution in [0.2, 0.25) is 0 Å². The van der Waals surface area contributed by atoms with E-state index in [1.807, 2.05) is 6.92 Å². The van der Waals surface area contributed by atoms with Crippen molar-refractivity contribution in [1.29, 1.82) is 0 Å². The zero-order valence-electron chi connectivity index (χ0n) is 14.8. The first-order chi connectivity index (χ1) is 11.6. The van der Waals surface area contributed by atoms with Crippen molar-refractivity contribution in [2.75, 3.05) is 20.1 Å². The minimum atomic E-state index is 0.544. The Kier molecular flexibility index (Phi) is 4.14. The lowest BCUT2D eigenvalue weighted by Gasteiger charge is -2.24. The Morgan fingerprint density at radius 3 is 2.83 bits per heavy atom. The highest BCUT2D eigenvalue weighted by atomic mass is 16.4. The van der Waals surface area contributed by atoms with E-state index in [0.29, 0.717) is 12.0 Å². The summed E-state index contributed by atoms with van der Waals surface area (Å²) in [5.74, 6) is 4.57. The van der Waals surface area contributed by atoms with Gasteiger partial charge >= 0.3 is 0 Å². The van der Waals surface area contributed by atoms with Crippen LogP contribution >= 0.6 is 0 Å². The number of likely N-dealkylation sites (N-methyl/N-ethyl adjacent to an activating group) is 1. The van der Waals surface area contributed by atoms with Crippen LogP contribution in [0.25, 0.3) is 0 Å². The average molecular weight is 330 g/mol. The van der Waals surface area contributed by atoms with Gasteiger partial charge in [-0.2, -0.15) is 0 Å². The fraction of sp³-hybridized carbons (Fsp3) is 0.706. The van der Waals surface area contributed by atoms with Crippen LogP contribution in [0.5, 0.6) is 0 Å². The van der Waals surface area contributed by atoms with Gasteiger partial charge in [0.15, 0.2) is 0 Å². The van der Waals surface area contributed by atoms with E-state index in [-0.39, 0.29) is 0 Å². The van der Waals surface area contributed by atoms with Crippen molar-refractivity contribution in [1.82, 2.24) is 29.5 Å². The molecule has 7 heteroatoms. The van der Waals surface area contributed by atoms with E-state index in [2.05, 4.69) is 43.6 Å². The molecule has 0 radical (unpaired) electrons. The molecule has 0 aromatic carbocycles. The highest BCUT2D eigenvalue weighted by Gasteiger charge is 2.31. The molecule has 2 fully saturated rings. The molecular formula is C17H26N6O. The lowest BCUT2D eigenvalue weighted by molar-refractivity contribution is 0.210. The highest BCUT2D eigenvalue weighted by Crippen LogP contribution is 2.38. The van der Waals surface area contributed by atoms with E-state index in [9.17, 15) is 0 Å². The first-order valence-corrected chi connectivity index (χ1v) is 8.82. The molecule has 1 atom stereocenters. The second-order valence-corrected chi connectivity index (χ2v) is 7.27. The molecule has 2 aliphatic rings. The Bertz CT molecular complexity index is 704. The molecule has 0 spiro atoms. The maximum Gasteiger partial charge on any atom is 0.208 e. The van der Waals surface area contributed by atoms with E-state index in [1.165, 1.54) is 19.3 Å². The Hall–Kier alpha value is -1.73. The molecule has 130 valence electrons. The molecule has 4 rings (SSSR count). The van der Waals surface area contributed by atoms with Gasteiger partial charge in [-0.1, -0.05) is 0 Å². The predicted molar refractivity (Wildman–Crippen MR) is 89.4 cm³/mol. The zero-order chi connectivity index (χ0) is 16.7. The van der Waals surface area contributed by atoms with Crippen LogP contribution in [0.3, 0.4) is 0 Å². The molecule has 7 nitrogen and oxygen atoms in total. The van der Waals surface area contributed by atoms with Crippen LogP contribution in [-0.4, -0.2) is 55.7 Å². The summed E-state index contributed by atoms with van der Waals surface area (Å²) in [6.07, 6.45) is 5.49. The van der Waals surface area contributed by atoms with E-state index < -0.39 is 0 Å². The van der Waals surface area contributed by atoms with Crippen molar-refractivity contribution in [3.8, 4) is 0 Å². The number of aromatic nitrogens is 4. The number of likely N-dealkylation sites (tertiary alicyclic amines) is 1. The van der Waals surface area contributed by atoms with Crippen molar-refractivity contribution in [2.24, 2.45) is 7.05 Å². The van der Waals surface area contributed by atoms with E-state index in [4.69, 9.17) is 4.42 Å². The molecular weight excluding hydrogens is 304 g/mol. The number of aryl methyl sites for hydroxylation is 1. The van der Waals surface area contributed by atoms with Gasteiger partial charge in [0, 0.05) is 32.1 Å². The number of rotatable bonds is 6.